The molecule has 84 valence electrons. The van der Waals surface area contributed by atoms with Crippen molar-refractivity contribution in [3.8, 4) is 0 Å². The predicted octanol–water partition coefficient (Wildman–Crippen LogP) is 2.95. The highest BCUT2D eigenvalue weighted by molar-refractivity contribution is 5.85. The van der Waals surface area contributed by atoms with E-state index in [-0.39, 0.29) is 24.0 Å². The van der Waals surface area contributed by atoms with Crippen molar-refractivity contribution in [2.45, 2.75) is 18.9 Å². The van der Waals surface area contributed by atoms with Crippen molar-refractivity contribution < 1.29 is 13.2 Å². The molecule has 15 heavy (non-hydrogen) atoms. The van der Waals surface area contributed by atoms with Gasteiger partial charge in [0.05, 0.1) is 0 Å². The summed E-state index contributed by atoms with van der Waals surface area (Å²) in [6, 6.07) is 1.37. The number of hydrogen-bond donors (Lipinski definition) is 1. The van der Waals surface area contributed by atoms with Crippen LogP contribution >= 0.6 is 12.4 Å². The van der Waals surface area contributed by atoms with Gasteiger partial charge in [-0.25, -0.2) is 13.2 Å². The summed E-state index contributed by atoms with van der Waals surface area (Å²) in [5.41, 5.74) is 0.0972. The molecule has 1 unspecified atom stereocenters. The molecule has 1 atom stereocenters. The second-order valence-electron chi connectivity index (χ2n) is 3.44. The predicted molar refractivity (Wildman–Crippen MR) is 53.5 cm³/mol. The summed E-state index contributed by atoms with van der Waals surface area (Å²) < 4.78 is 38.9. The molecule has 0 amide bonds. The maximum absolute atomic E-state index is 13.3. The standard InChI is InChI=1S/C10H10F3N.ClH/c11-6-4-7(9-2-1-3-14-9)10(13)8(12)5-6;/h4-5,9,14H,1-3H2;1H. The minimum Gasteiger partial charge on any atom is -0.310 e. The average Bonchev–Trinajstić information content (AvgIpc) is 2.63. The van der Waals surface area contributed by atoms with E-state index in [1.165, 1.54) is 0 Å². The summed E-state index contributed by atoms with van der Waals surface area (Å²) in [7, 11) is 0. The molecule has 0 bridgehead atoms. The van der Waals surface area contributed by atoms with Gasteiger partial charge in [0.1, 0.15) is 5.82 Å². The molecule has 5 heteroatoms. The molecular formula is C10H11ClF3N. The minimum atomic E-state index is -1.12. The van der Waals surface area contributed by atoms with Crippen molar-refractivity contribution >= 4 is 12.4 Å². The molecule has 1 nitrogen and oxygen atoms in total. The van der Waals surface area contributed by atoms with Crippen LogP contribution in [0.15, 0.2) is 12.1 Å². The van der Waals surface area contributed by atoms with Gasteiger partial charge in [0, 0.05) is 17.7 Å². The van der Waals surface area contributed by atoms with E-state index in [0.29, 0.717) is 6.07 Å². The molecule has 0 aliphatic carbocycles. The number of rotatable bonds is 1. The van der Waals surface area contributed by atoms with Crippen molar-refractivity contribution in [2.75, 3.05) is 6.54 Å². The van der Waals surface area contributed by atoms with Gasteiger partial charge in [0.15, 0.2) is 11.6 Å². The van der Waals surface area contributed by atoms with E-state index in [2.05, 4.69) is 5.32 Å². The highest BCUT2D eigenvalue weighted by Crippen LogP contribution is 2.27. The minimum absolute atomic E-state index is 0. The van der Waals surface area contributed by atoms with Crippen LogP contribution in [0.25, 0.3) is 0 Å². The Morgan fingerprint density at radius 1 is 1.20 bits per heavy atom. The molecule has 0 radical (unpaired) electrons. The zero-order valence-electron chi connectivity index (χ0n) is 7.90. The Hall–Kier alpha value is -0.740. The molecule has 1 aliphatic heterocycles. The summed E-state index contributed by atoms with van der Waals surface area (Å²) in [4.78, 5) is 0. The molecule has 1 aromatic carbocycles. The molecule has 1 heterocycles. The zero-order chi connectivity index (χ0) is 10.1. The molecular weight excluding hydrogens is 227 g/mol. The number of halogens is 4. The smallest absolute Gasteiger partial charge is 0.163 e. The third-order valence-corrected chi connectivity index (χ3v) is 2.46. The highest BCUT2D eigenvalue weighted by Gasteiger charge is 2.22. The topological polar surface area (TPSA) is 12.0 Å². The van der Waals surface area contributed by atoms with Crippen LogP contribution in [0.4, 0.5) is 13.2 Å². The molecule has 0 spiro atoms. The van der Waals surface area contributed by atoms with Crippen molar-refractivity contribution in [1.82, 2.24) is 5.32 Å². The van der Waals surface area contributed by atoms with E-state index in [9.17, 15) is 13.2 Å². The number of nitrogens with one attached hydrogen (secondary N) is 1. The SMILES string of the molecule is Cl.Fc1cc(F)c(F)c(C2CCCN2)c1. The van der Waals surface area contributed by atoms with E-state index >= 15 is 0 Å². The lowest BCUT2D eigenvalue weighted by molar-refractivity contribution is 0.468. The van der Waals surface area contributed by atoms with Gasteiger partial charge >= 0.3 is 0 Å². The zero-order valence-corrected chi connectivity index (χ0v) is 8.71. The summed E-state index contributed by atoms with van der Waals surface area (Å²) in [5, 5.41) is 2.99. The van der Waals surface area contributed by atoms with Crippen LogP contribution in [-0.4, -0.2) is 6.54 Å². The Bertz CT molecular complexity index is 351. The summed E-state index contributed by atoms with van der Waals surface area (Å²) >= 11 is 0. The Labute approximate surface area is 92.1 Å². The fraction of sp³-hybridized carbons (Fsp3) is 0.400. The fourth-order valence-corrected chi connectivity index (χ4v) is 1.78. The van der Waals surface area contributed by atoms with Gasteiger partial charge in [0.2, 0.25) is 0 Å². The number of hydrogen-bond acceptors (Lipinski definition) is 1. The lowest BCUT2D eigenvalue weighted by Gasteiger charge is -2.11. The molecule has 0 saturated carbocycles. The van der Waals surface area contributed by atoms with Crippen LogP contribution in [-0.2, 0) is 0 Å². The average molecular weight is 238 g/mol. The first-order valence-corrected chi connectivity index (χ1v) is 4.56. The molecule has 1 aliphatic rings. The van der Waals surface area contributed by atoms with Crippen molar-refractivity contribution in [2.24, 2.45) is 0 Å². The van der Waals surface area contributed by atoms with Crippen LogP contribution < -0.4 is 5.32 Å². The van der Waals surface area contributed by atoms with Crippen LogP contribution in [0.2, 0.25) is 0 Å². The third kappa shape index (κ3) is 2.44. The Kier molecular flexibility index (Phi) is 3.99. The van der Waals surface area contributed by atoms with Gasteiger partial charge in [-0.3, -0.25) is 0 Å². The Morgan fingerprint density at radius 2 is 1.93 bits per heavy atom. The summed E-state index contributed by atoms with van der Waals surface area (Å²) in [6.07, 6.45) is 1.63. The molecule has 0 aromatic heterocycles. The van der Waals surface area contributed by atoms with Crippen molar-refractivity contribution in [3.63, 3.8) is 0 Å². The van der Waals surface area contributed by atoms with E-state index in [0.717, 1.165) is 25.5 Å². The van der Waals surface area contributed by atoms with Crippen LogP contribution in [0.5, 0.6) is 0 Å². The lowest BCUT2D eigenvalue weighted by atomic mass is 10.0. The van der Waals surface area contributed by atoms with Gasteiger partial charge in [0.25, 0.3) is 0 Å². The second-order valence-corrected chi connectivity index (χ2v) is 3.44. The first-order chi connectivity index (χ1) is 6.68. The third-order valence-electron chi connectivity index (χ3n) is 2.46. The van der Waals surface area contributed by atoms with Crippen molar-refractivity contribution in [3.05, 3.63) is 35.1 Å². The van der Waals surface area contributed by atoms with Crippen LogP contribution in [0, 0.1) is 17.5 Å². The molecule has 1 fully saturated rings. The fourth-order valence-electron chi connectivity index (χ4n) is 1.78. The lowest BCUT2D eigenvalue weighted by Crippen LogP contribution is -2.15. The summed E-state index contributed by atoms with van der Waals surface area (Å²) in [6.45, 7) is 0.766. The Morgan fingerprint density at radius 3 is 2.53 bits per heavy atom. The largest absolute Gasteiger partial charge is 0.310 e. The van der Waals surface area contributed by atoms with Gasteiger partial charge in [-0.15, -0.1) is 12.4 Å². The van der Waals surface area contributed by atoms with Crippen LogP contribution in [0.3, 0.4) is 0 Å². The quantitative estimate of drug-likeness (QED) is 0.741. The maximum Gasteiger partial charge on any atom is 0.163 e. The molecule has 2 rings (SSSR count). The van der Waals surface area contributed by atoms with E-state index in [1.54, 1.807) is 0 Å². The molecule has 1 saturated heterocycles. The van der Waals surface area contributed by atoms with Gasteiger partial charge < -0.3 is 5.32 Å². The second kappa shape index (κ2) is 4.86. The molecule has 1 aromatic rings. The first-order valence-electron chi connectivity index (χ1n) is 4.56. The van der Waals surface area contributed by atoms with Gasteiger partial charge in [-0.1, -0.05) is 0 Å². The first kappa shape index (κ1) is 12.3. The van der Waals surface area contributed by atoms with Gasteiger partial charge in [-0.2, -0.15) is 0 Å². The van der Waals surface area contributed by atoms with E-state index < -0.39 is 17.5 Å². The monoisotopic (exact) mass is 237 g/mol. The van der Waals surface area contributed by atoms with Gasteiger partial charge in [-0.05, 0) is 25.5 Å². The van der Waals surface area contributed by atoms with E-state index in [4.69, 9.17) is 0 Å². The Balaban J connectivity index is 0.00000112. The van der Waals surface area contributed by atoms with E-state index in [1.807, 2.05) is 0 Å². The van der Waals surface area contributed by atoms with Crippen molar-refractivity contribution in [1.29, 1.82) is 0 Å². The highest BCUT2D eigenvalue weighted by atomic mass is 35.5. The molecule has 1 N–H and O–H groups in total. The normalized spacial score (nSPS) is 20.1. The van der Waals surface area contributed by atoms with Crippen LogP contribution in [0.1, 0.15) is 24.4 Å². The number of benzene rings is 1. The summed E-state index contributed by atoms with van der Waals surface area (Å²) in [5.74, 6) is -2.79. The maximum atomic E-state index is 13.3.